The first-order valence-corrected chi connectivity index (χ1v) is 5.56. The molecule has 2 heterocycles. The van der Waals surface area contributed by atoms with Crippen LogP contribution in [0.1, 0.15) is 0 Å². The molecule has 7 heteroatoms. The van der Waals surface area contributed by atoms with Crippen molar-refractivity contribution in [3.8, 4) is 0 Å². The number of H-pyrrole nitrogens is 1. The molecular weight excluding hydrogens is 222 g/mol. The first kappa shape index (κ1) is 10.0. The van der Waals surface area contributed by atoms with Gasteiger partial charge in [0.2, 0.25) is 5.13 Å². The molecule has 1 aliphatic heterocycles. The summed E-state index contributed by atoms with van der Waals surface area (Å²) in [7, 11) is 0. The molecule has 5 nitrogen and oxygen atoms in total. The molecule has 2 rings (SSSR count). The van der Waals surface area contributed by atoms with Crippen molar-refractivity contribution < 1.29 is 9.47 Å². The van der Waals surface area contributed by atoms with E-state index in [0.29, 0.717) is 30.3 Å². The fourth-order valence-corrected chi connectivity index (χ4v) is 1.96. The molecule has 0 bridgehead atoms. The summed E-state index contributed by atoms with van der Waals surface area (Å²) in [6.45, 7) is 2.71. The summed E-state index contributed by atoms with van der Waals surface area (Å²) in [6, 6.07) is 0. The summed E-state index contributed by atoms with van der Waals surface area (Å²) >= 11 is 6.33. The van der Waals surface area contributed by atoms with Crippen molar-refractivity contribution in [3.05, 3.63) is 3.95 Å². The molecule has 1 fully saturated rings. The van der Waals surface area contributed by atoms with Crippen LogP contribution in [0.2, 0.25) is 0 Å². The minimum Gasteiger partial charge on any atom is -0.376 e. The molecule has 1 saturated heterocycles. The Labute approximate surface area is 90.4 Å². The molecule has 0 aliphatic carbocycles. The highest BCUT2D eigenvalue weighted by Crippen LogP contribution is 2.11. The van der Waals surface area contributed by atoms with E-state index in [1.165, 1.54) is 11.3 Å². The SMILES string of the molecule is S=c1[nH]nc(NCC2COCCO2)s1. The predicted molar refractivity (Wildman–Crippen MR) is 56.3 cm³/mol. The van der Waals surface area contributed by atoms with Gasteiger partial charge in [0, 0.05) is 6.54 Å². The van der Waals surface area contributed by atoms with Crippen LogP contribution in [-0.2, 0) is 9.47 Å². The molecule has 1 aromatic heterocycles. The van der Waals surface area contributed by atoms with Gasteiger partial charge in [0.15, 0.2) is 3.95 Å². The summed E-state index contributed by atoms with van der Waals surface area (Å²) in [5, 5.41) is 10.6. The topological polar surface area (TPSA) is 59.2 Å². The predicted octanol–water partition coefficient (Wildman–Crippen LogP) is 1.03. The molecule has 1 unspecified atom stereocenters. The maximum absolute atomic E-state index is 5.46. The van der Waals surface area contributed by atoms with Crippen molar-refractivity contribution in [3.63, 3.8) is 0 Å². The van der Waals surface area contributed by atoms with Gasteiger partial charge in [-0.15, -0.1) is 5.10 Å². The third-order valence-electron chi connectivity index (χ3n) is 1.80. The lowest BCUT2D eigenvalue weighted by molar-refractivity contribution is -0.0818. The highest BCUT2D eigenvalue weighted by molar-refractivity contribution is 7.73. The second-order valence-corrected chi connectivity index (χ2v) is 4.53. The lowest BCUT2D eigenvalue weighted by atomic mass is 10.3. The molecule has 2 N–H and O–H groups in total. The zero-order valence-electron chi connectivity index (χ0n) is 7.49. The number of anilines is 1. The van der Waals surface area contributed by atoms with Gasteiger partial charge in [-0.2, -0.15) is 0 Å². The molecule has 0 radical (unpaired) electrons. The maximum Gasteiger partial charge on any atom is 0.204 e. The van der Waals surface area contributed by atoms with Gasteiger partial charge in [-0.25, -0.2) is 0 Å². The van der Waals surface area contributed by atoms with E-state index in [2.05, 4.69) is 15.5 Å². The van der Waals surface area contributed by atoms with Gasteiger partial charge in [0.05, 0.1) is 25.9 Å². The van der Waals surface area contributed by atoms with Crippen LogP contribution in [0.3, 0.4) is 0 Å². The molecule has 14 heavy (non-hydrogen) atoms. The third kappa shape index (κ3) is 2.74. The van der Waals surface area contributed by atoms with Crippen molar-refractivity contribution >= 4 is 28.7 Å². The Hall–Kier alpha value is -0.500. The summed E-state index contributed by atoms with van der Waals surface area (Å²) in [6.07, 6.45) is 0.112. The first-order valence-electron chi connectivity index (χ1n) is 4.33. The van der Waals surface area contributed by atoms with Gasteiger partial charge >= 0.3 is 0 Å². The number of nitrogens with zero attached hydrogens (tertiary/aromatic N) is 1. The van der Waals surface area contributed by atoms with Crippen LogP contribution in [0.25, 0.3) is 0 Å². The van der Waals surface area contributed by atoms with E-state index in [9.17, 15) is 0 Å². The molecule has 1 aromatic rings. The van der Waals surface area contributed by atoms with Crippen LogP contribution in [0.15, 0.2) is 0 Å². The van der Waals surface area contributed by atoms with Crippen LogP contribution in [0.5, 0.6) is 0 Å². The Balaban J connectivity index is 1.78. The van der Waals surface area contributed by atoms with Crippen LogP contribution < -0.4 is 5.32 Å². The highest BCUT2D eigenvalue weighted by atomic mass is 32.1. The van der Waals surface area contributed by atoms with Crippen molar-refractivity contribution in [1.29, 1.82) is 0 Å². The summed E-state index contributed by atoms with van der Waals surface area (Å²) in [5.74, 6) is 0. The summed E-state index contributed by atoms with van der Waals surface area (Å²) in [5.41, 5.74) is 0. The summed E-state index contributed by atoms with van der Waals surface area (Å²) in [4.78, 5) is 0. The number of ether oxygens (including phenoxy) is 2. The second kappa shape index (κ2) is 4.83. The minimum absolute atomic E-state index is 0.112. The van der Waals surface area contributed by atoms with Gasteiger partial charge in [-0.1, -0.05) is 11.3 Å². The van der Waals surface area contributed by atoms with E-state index in [1.54, 1.807) is 0 Å². The molecule has 0 spiro atoms. The number of hydrogen-bond acceptors (Lipinski definition) is 6. The monoisotopic (exact) mass is 233 g/mol. The Kier molecular flexibility index (Phi) is 3.46. The number of aromatic amines is 1. The normalized spacial score (nSPS) is 22.1. The van der Waals surface area contributed by atoms with Gasteiger partial charge < -0.3 is 14.8 Å². The van der Waals surface area contributed by atoms with E-state index >= 15 is 0 Å². The molecule has 78 valence electrons. The van der Waals surface area contributed by atoms with Crippen molar-refractivity contribution in [2.45, 2.75) is 6.10 Å². The molecule has 1 atom stereocenters. The highest BCUT2D eigenvalue weighted by Gasteiger charge is 2.14. The fraction of sp³-hybridized carbons (Fsp3) is 0.714. The molecular formula is C7H11N3O2S2. The third-order valence-corrected chi connectivity index (χ3v) is 2.85. The van der Waals surface area contributed by atoms with Crippen LogP contribution in [-0.4, -0.2) is 42.7 Å². The van der Waals surface area contributed by atoms with E-state index in [0.717, 1.165) is 5.13 Å². The van der Waals surface area contributed by atoms with Crippen LogP contribution in [0.4, 0.5) is 5.13 Å². The van der Waals surface area contributed by atoms with Crippen molar-refractivity contribution in [1.82, 2.24) is 10.2 Å². The van der Waals surface area contributed by atoms with Gasteiger partial charge in [-0.05, 0) is 12.2 Å². The number of nitrogens with one attached hydrogen (secondary N) is 2. The average Bonchev–Trinajstić information content (AvgIpc) is 2.63. The van der Waals surface area contributed by atoms with E-state index < -0.39 is 0 Å². The second-order valence-electron chi connectivity index (χ2n) is 2.87. The fourth-order valence-electron chi connectivity index (χ4n) is 1.16. The lowest BCUT2D eigenvalue weighted by Gasteiger charge is -2.22. The smallest absolute Gasteiger partial charge is 0.204 e. The Morgan fingerprint density at radius 1 is 1.64 bits per heavy atom. The number of aromatic nitrogens is 2. The molecule has 0 amide bonds. The lowest BCUT2D eigenvalue weighted by Crippen LogP contribution is -2.34. The van der Waals surface area contributed by atoms with Gasteiger partial charge in [0.1, 0.15) is 0 Å². The standard InChI is InChI=1S/C7H11N3O2S2/c13-7-10-9-6(14-7)8-3-5-4-11-1-2-12-5/h5H,1-4H2,(H,8,9)(H,10,13). The van der Waals surface area contributed by atoms with Gasteiger partial charge in [-0.3, -0.25) is 5.10 Å². The first-order chi connectivity index (χ1) is 6.84. The Bertz CT molecular complexity index is 332. The maximum atomic E-state index is 5.46. The van der Waals surface area contributed by atoms with E-state index in [1.807, 2.05) is 0 Å². The largest absolute Gasteiger partial charge is 0.376 e. The van der Waals surface area contributed by atoms with E-state index in [-0.39, 0.29) is 6.10 Å². The van der Waals surface area contributed by atoms with Gasteiger partial charge in [0.25, 0.3) is 0 Å². The van der Waals surface area contributed by atoms with Crippen molar-refractivity contribution in [2.75, 3.05) is 31.7 Å². The average molecular weight is 233 g/mol. The number of rotatable bonds is 3. The van der Waals surface area contributed by atoms with Crippen molar-refractivity contribution in [2.24, 2.45) is 0 Å². The van der Waals surface area contributed by atoms with Crippen LogP contribution in [0, 0.1) is 3.95 Å². The number of hydrogen-bond donors (Lipinski definition) is 2. The Morgan fingerprint density at radius 2 is 2.57 bits per heavy atom. The zero-order valence-corrected chi connectivity index (χ0v) is 9.12. The van der Waals surface area contributed by atoms with Crippen LogP contribution >= 0.6 is 23.6 Å². The minimum atomic E-state index is 0.112. The molecule has 0 saturated carbocycles. The quantitative estimate of drug-likeness (QED) is 0.764. The van der Waals surface area contributed by atoms with E-state index in [4.69, 9.17) is 21.7 Å². The molecule has 0 aromatic carbocycles. The zero-order chi connectivity index (χ0) is 9.80. The Morgan fingerprint density at radius 3 is 3.21 bits per heavy atom. The summed E-state index contributed by atoms with van der Waals surface area (Å²) < 4.78 is 11.4. The molecule has 1 aliphatic rings.